The zero-order valence-corrected chi connectivity index (χ0v) is 28.6. The molecular formula is C34H34Cl3N3O5S. The third kappa shape index (κ3) is 8.53. The summed E-state index contributed by atoms with van der Waals surface area (Å²) in [5.41, 5.74) is 2.25. The molecule has 2 amide bonds. The molecule has 0 aromatic heterocycles. The lowest BCUT2D eigenvalue weighted by Crippen LogP contribution is -2.53. The van der Waals surface area contributed by atoms with Gasteiger partial charge in [-0.1, -0.05) is 88.9 Å². The summed E-state index contributed by atoms with van der Waals surface area (Å²) in [5.74, 6) is -0.876. The molecule has 0 saturated heterocycles. The molecule has 46 heavy (non-hydrogen) atoms. The van der Waals surface area contributed by atoms with Crippen molar-refractivity contribution in [3.05, 3.63) is 123 Å². The van der Waals surface area contributed by atoms with Gasteiger partial charge in [0, 0.05) is 34.6 Å². The van der Waals surface area contributed by atoms with Crippen molar-refractivity contribution in [1.82, 2.24) is 10.2 Å². The lowest BCUT2D eigenvalue weighted by Gasteiger charge is -2.34. The van der Waals surface area contributed by atoms with Gasteiger partial charge in [0.25, 0.3) is 10.0 Å². The quantitative estimate of drug-likeness (QED) is 0.163. The Morgan fingerprint density at radius 3 is 2.17 bits per heavy atom. The number of benzene rings is 4. The first-order valence-electron chi connectivity index (χ1n) is 14.4. The van der Waals surface area contributed by atoms with Crippen molar-refractivity contribution >= 4 is 62.3 Å². The average molecular weight is 703 g/mol. The highest BCUT2D eigenvalue weighted by Gasteiger charge is 2.36. The van der Waals surface area contributed by atoms with Crippen molar-refractivity contribution in [3.63, 3.8) is 0 Å². The maximum Gasteiger partial charge on any atom is 0.264 e. The molecule has 1 atom stereocenters. The van der Waals surface area contributed by atoms with Crippen molar-refractivity contribution < 1.29 is 22.7 Å². The van der Waals surface area contributed by atoms with Crippen molar-refractivity contribution in [1.29, 1.82) is 0 Å². The Morgan fingerprint density at radius 1 is 0.891 bits per heavy atom. The van der Waals surface area contributed by atoms with Crippen molar-refractivity contribution in [2.24, 2.45) is 0 Å². The van der Waals surface area contributed by atoms with Crippen LogP contribution in [0.15, 0.2) is 95.9 Å². The molecule has 4 rings (SSSR count). The molecule has 0 bridgehead atoms. The van der Waals surface area contributed by atoms with E-state index in [4.69, 9.17) is 39.5 Å². The molecule has 1 N–H and O–H groups in total. The second-order valence-electron chi connectivity index (χ2n) is 10.5. The number of hydrogen-bond donors (Lipinski definition) is 1. The van der Waals surface area contributed by atoms with E-state index >= 15 is 0 Å². The van der Waals surface area contributed by atoms with E-state index in [1.165, 1.54) is 36.3 Å². The number of methoxy groups -OCH3 is 1. The summed E-state index contributed by atoms with van der Waals surface area (Å²) in [6, 6.07) is 23.9. The van der Waals surface area contributed by atoms with Gasteiger partial charge in [-0.2, -0.15) is 0 Å². The third-order valence-electron chi connectivity index (χ3n) is 7.28. The molecule has 0 aliphatic heterocycles. The molecule has 0 radical (unpaired) electrons. The van der Waals surface area contributed by atoms with Gasteiger partial charge in [-0.25, -0.2) is 8.42 Å². The average Bonchev–Trinajstić information content (AvgIpc) is 3.03. The fraction of sp³-hybridized carbons (Fsp3) is 0.235. The predicted octanol–water partition coefficient (Wildman–Crippen LogP) is 6.94. The summed E-state index contributed by atoms with van der Waals surface area (Å²) in [5, 5.41) is 3.76. The van der Waals surface area contributed by atoms with Gasteiger partial charge in [-0.3, -0.25) is 13.9 Å². The minimum absolute atomic E-state index is 0.0372. The van der Waals surface area contributed by atoms with Gasteiger partial charge in [0.15, 0.2) is 0 Å². The number of halogens is 3. The number of amides is 2. The first kappa shape index (κ1) is 35.1. The molecule has 12 heteroatoms. The number of carbonyl (C=O) groups is 2. The Balaban J connectivity index is 1.86. The Kier molecular flexibility index (Phi) is 12.0. The molecule has 0 spiro atoms. The van der Waals surface area contributed by atoms with Crippen LogP contribution in [0.25, 0.3) is 0 Å². The second-order valence-corrected chi connectivity index (χ2v) is 13.6. The van der Waals surface area contributed by atoms with Crippen LogP contribution in [0, 0.1) is 6.92 Å². The van der Waals surface area contributed by atoms with Gasteiger partial charge in [0.05, 0.1) is 17.7 Å². The normalized spacial score (nSPS) is 11.9. The van der Waals surface area contributed by atoms with E-state index in [9.17, 15) is 18.0 Å². The summed E-state index contributed by atoms with van der Waals surface area (Å²) >= 11 is 19.0. The van der Waals surface area contributed by atoms with Crippen LogP contribution in [0.1, 0.15) is 23.6 Å². The van der Waals surface area contributed by atoms with Gasteiger partial charge in [0.2, 0.25) is 11.8 Å². The van der Waals surface area contributed by atoms with Gasteiger partial charge in [-0.15, -0.1) is 0 Å². The van der Waals surface area contributed by atoms with Crippen LogP contribution in [-0.4, -0.2) is 51.4 Å². The number of anilines is 1. The van der Waals surface area contributed by atoms with Crippen LogP contribution in [0.5, 0.6) is 5.75 Å². The number of hydrogen-bond acceptors (Lipinski definition) is 5. The van der Waals surface area contributed by atoms with Gasteiger partial charge in [0.1, 0.15) is 18.3 Å². The fourth-order valence-electron chi connectivity index (χ4n) is 4.89. The molecule has 242 valence electrons. The van der Waals surface area contributed by atoms with Crippen LogP contribution in [0.4, 0.5) is 5.69 Å². The van der Waals surface area contributed by atoms with Crippen LogP contribution in [0.3, 0.4) is 0 Å². The van der Waals surface area contributed by atoms with Crippen LogP contribution < -0.4 is 14.4 Å². The molecular weight excluding hydrogens is 669 g/mol. The lowest BCUT2D eigenvalue weighted by atomic mass is 10.0. The Bertz CT molecular complexity index is 1790. The number of likely N-dealkylation sites (N-methyl/N-ethyl adjacent to an activating group) is 1. The molecule has 0 unspecified atom stereocenters. The first-order valence-corrected chi connectivity index (χ1v) is 17.0. The van der Waals surface area contributed by atoms with E-state index < -0.39 is 34.4 Å². The van der Waals surface area contributed by atoms with Crippen molar-refractivity contribution in [2.45, 2.75) is 37.8 Å². The topological polar surface area (TPSA) is 96.0 Å². The highest BCUT2D eigenvalue weighted by Crippen LogP contribution is 2.35. The fourth-order valence-corrected chi connectivity index (χ4v) is 6.94. The SMILES string of the molecule is CCNC(=O)[C@H](Cc1ccccc1)N(Cc1ccc(Cl)cc1Cl)C(=O)CN(c1cc(Cl)ccc1OC)S(=O)(=O)c1ccc(C)cc1. The third-order valence-corrected chi connectivity index (χ3v) is 9.87. The molecule has 8 nitrogen and oxygen atoms in total. The first-order chi connectivity index (χ1) is 21.9. The van der Waals surface area contributed by atoms with E-state index in [0.29, 0.717) is 22.2 Å². The van der Waals surface area contributed by atoms with Gasteiger partial charge < -0.3 is 15.0 Å². The molecule has 0 fully saturated rings. The van der Waals surface area contributed by atoms with E-state index in [0.717, 1.165) is 15.4 Å². The zero-order valence-electron chi connectivity index (χ0n) is 25.5. The van der Waals surface area contributed by atoms with Crippen molar-refractivity contribution in [3.8, 4) is 5.75 Å². The molecule has 0 saturated carbocycles. The Hall–Kier alpha value is -3.76. The number of sulfonamides is 1. The predicted molar refractivity (Wildman–Crippen MR) is 183 cm³/mol. The Morgan fingerprint density at radius 2 is 1.54 bits per heavy atom. The largest absolute Gasteiger partial charge is 0.495 e. The van der Waals surface area contributed by atoms with E-state index in [1.807, 2.05) is 37.3 Å². The van der Waals surface area contributed by atoms with Gasteiger partial charge >= 0.3 is 0 Å². The molecule has 4 aromatic carbocycles. The zero-order chi connectivity index (χ0) is 33.4. The number of rotatable bonds is 13. The monoisotopic (exact) mass is 701 g/mol. The number of aryl methyl sites for hydroxylation is 1. The maximum atomic E-state index is 14.6. The van der Waals surface area contributed by atoms with Crippen molar-refractivity contribution in [2.75, 3.05) is 24.5 Å². The summed E-state index contributed by atoms with van der Waals surface area (Å²) in [4.78, 5) is 29.5. The molecule has 0 aliphatic rings. The molecule has 4 aromatic rings. The summed E-state index contributed by atoms with van der Waals surface area (Å²) < 4.78 is 35.0. The maximum absolute atomic E-state index is 14.6. The summed E-state index contributed by atoms with van der Waals surface area (Å²) in [7, 11) is -2.95. The van der Waals surface area contributed by atoms with Crippen LogP contribution in [-0.2, 0) is 32.6 Å². The van der Waals surface area contributed by atoms with Crippen LogP contribution in [0.2, 0.25) is 15.1 Å². The number of ether oxygens (including phenoxy) is 1. The smallest absolute Gasteiger partial charge is 0.264 e. The molecule has 0 heterocycles. The van der Waals surface area contributed by atoms with E-state index in [1.54, 1.807) is 43.3 Å². The number of nitrogens with zero attached hydrogens (tertiary/aromatic N) is 2. The molecule has 0 aliphatic carbocycles. The highest BCUT2D eigenvalue weighted by molar-refractivity contribution is 7.92. The standard InChI is InChI=1S/C34H34Cl3N3O5S/c1-4-38-34(42)31(18-24-8-6-5-7-9-24)39(21-25-12-13-26(35)19-29(25)37)33(41)22-40(30-20-27(36)14-17-32(30)45-3)46(43,44)28-15-10-23(2)11-16-28/h5-17,19-20,31H,4,18,21-22H2,1-3H3,(H,38,42)/t31-/m0/s1. The Labute approximate surface area is 284 Å². The summed E-state index contributed by atoms with van der Waals surface area (Å²) in [6.45, 7) is 3.16. The van der Waals surface area contributed by atoms with E-state index in [-0.39, 0.29) is 34.3 Å². The van der Waals surface area contributed by atoms with Gasteiger partial charge in [-0.05, 0) is 67.4 Å². The lowest BCUT2D eigenvalue weighted by molar-refractivity contribution is -0.140. The highest BCUT2D eigenvalue weighted by atomic mass is 35.5. The number of nitrogens with one attached hydrogen (secondary N) is 1. The van der Waals surface area contributed by atoms with E-state index in [2.05, 4.69) is 5.32 Å². The summed E-state index contributed by atoms with van der Waals surface area (Å²) in [6.07, 6.45) is 0.162. The minimum atomic E-state index is -4.35. The van der Waals surface area contributed by atoms with Crippen LogP contribution >= 0.6 is 34.8 Å². The second kappa shape index (κ2) is 15.7. The minimum Gasteiger partial charge on any atom is -0.495 e. The number of carbonyl (C=O) groups excluding carboxylic acids is 2.